The SMILES string of the molecule is Cc1nn(C)c(C)c1CCC(=O)Nc1ccc(S(=O)(=O)N2CCC(C)CC2)cc1. The maximum absolute atomic E-state index is 12.8. The number of benzene rings is 1. The van der Waals surface area contributed by atoms with Gasteiger partial charge in [-0.05, 0) is 68.9 Å². The number of nitrogens with one attached hydrogen (secondary N) is 1. The molecule has 1 aromatic heterocycles. The van der Waals surface area contributed by atoms with Crippen molar-refractivity contribution in [2.75, 3.05) is 18.4 Å². The predicted molar refractivity (Wildman–Crippen MR) is 113 cm³/mol. The molecule has 3 rings (SSSR count). The van der Waals surface area contributed by atoms with Gasteiger partial charge >= 0.3 is 0 Å². The quantitative estimate of drug-likeness (QED) is 0.781. The summed E-state index contributed by atoms with van der Waals surface area (Å²) in [7, 11) is -1.58. The standard InChI is InChI=1S/C21H30N4O3S/c1-15-11-13-25(14-12-15)29(27,28)19-7-5-18(6-8-19)22-21(26)10-9-20-16(2)23-24(4)17(20)3/h5-8,15H,9-14H2,1-4H3,(H,22,26). The summed E-state index contributed by atoms with van der Waals surface area (Å²) in [5.74, 6) is 0.464. The Bertz CT molecular complexity index is 972. The van der Waals surface area contributed by atoms with E-state index < -0.39 is 10.0 Å². The number of carbonyl (C=O) groups is 1. The Hall–Kier alpha value is -2.19. The summed E-state index contributed by atoms with van der Waals surface area (Å²) in [4.78, 5) is 12.6. The van der Waals surface area contributed by atoms with Crippen molar-refractivity contribution >= 4 is 21.6 Å². The lowest BCUT2D eigenvalue weighted by Crippen LogP contribution is -2.37. The normalized spacial score (nSPS) is 16.1. The Kier molecular flexibility index (Phi) is 6.43. The van der Waals surface area contributed by atoms with Gasteiger partial charge in [-0.15, -0.1) is 0 Å². The fourth-order valence-electron chi connectivity index (χ4n) is 3.73. The van der Waals surface area contributed by atoms with Crippen molar-refractivity contribution in [3.05, 3.63) is 41.2 Å². The molecule has 8 heteroatoms. The van der Waals surface area contributed by atoms with Gasteiger partial charge in [0.15, 0.2) is 0 Å². The van der Waals surface area contributed by atoms with Crippen LogP contribution in [0.4, 0.5) is 5.69 Å². The van der Waals surface area contributed by atoms with Crippen LogP contribution in [0.5, 0.6) is 0 Å². The van der Waals surface area contributed by atoms with Gasteiger partial charge in [-0.2, -0.15) is 9.40 Å². The number of hydrogen-bond donors (Lipinski definition) is 1. The summed E-state index contributed by atoms with van der Waals surface area (Å²) in [5, 5.41) is 7.22. The second-order valence-electron chi connectivity index (χ2n) is 7.93. The van der Waals surface area contributed by atoms with Crippen molar-refractivity contribution in [2.24, 2.45) is 13.0 Å². The van der Waals surface area contributed by atoms with E-state index in [0.717, 1.165) is 29.8 Å². The minimum atomic E-state index is -3.47. The van der Waals surface area contributed by atoms with Crippen LogP contribution in [0.1, 0.15) is 43.1 Å². The second-order valence-corrected chi connectivity index (χ2v) is 9.87. The smallest absolute Gasteiger partial charge is 0.243 e. The maximum atomic E-state index is 12.8. The fraction of sp³-hybridized carbons (Fsp3) is 0.524. The summed E-state index contributed by atoms with van der Waals surface area (Å²) in [6.07, 6.45) is 2.75. The molecule has 1 saturated heterocycles. The van der Waals surface area contributed by atoms with Gasteiger partial charge in [-0.3, -0.25) is 9.48 Å². The van der Waals surface area contributed by atoms with E-state index in [1.165, 1.54) is 0 Å². The molecular weight excluding hydrogens is 388 g/mol. The molecule has 1 aliphatic rings. The number of hydrogen-bond acceptors (Lipinski definition) is 4. The first kappa shape index (κ1) is 21.5. The third kappa shape index (κ3) is 4.87. The van der Waals surface area contributed by atoms with Crippen molar-refractivity contribution in [3.8, 4) is 0 Å². The summed E-state index contributed by atoms with van der Waals surface area (Å²) in [6.45, 7) is 7.22. The van der Waals surface area contributed by atoms with E-state index in [-0.39, 0.29) is 10.8 Å². The molecular formula is C21H30N4O3S. The summed E-state index contributed by atoms with van der Waals surface area (Å²) >= 11 is 0. The molecule has 0 unspecified atom stereocenters. The zero-order valence-electron chi connectivity index (χ0n) is 17.6. The lowest BCUT2D eigenvalue weighted by molar-refractivity contribution is -0.116. The van der Waals surface area contributed by atoms with Crippen molar-refractivity contribution < 1.29 is 13.2 Å². The van der Waals surface area contributed by atoms with Gasteiger partial charge in [0.2, 0.25) is 15.9 Å². The van der Waals surface area contributed by atoms with Crippen LogP contribution in [0.2, 0.25) is 0 Å². The molecule has 1 aliphatic heterocycles. The van der Waals surface area contributed by atoms with E-state index >= 15 is 0 Å². The molecule has 7 nitrogen and oxygen atoms in total. The Labute approximate surface area is 173 Å². The molecule has 2 aromatic rings. The Morgan fingerprint density at radius 2 is 1.79 bits per heavy atom. The largest absolute Gasteiger partial charge is 0.326 e. The van der Waals surface area contributed by atoms with Crippen LogP contribution in [0.25, 0.3) is 0 Å². The lowest BCUT2D eigenvalue weighted by Gasteiger charge is -2.29. The molecule has 2 heterocycles. The predicted octanol–water partition coefficient (Wildman–Crippen LogP) is 3.03. The minimum Gasteiger partial charge on any atom is -0.326 e. The summed E-state index contributed by atoms with van der Waals surface area (Å²) < 4.78 is 28.9. The topological polar surface area (TPSA) is 84.3 Å². The van der Waals surface area contributed by atoms with E-state index in [2.05, 4.69) is 17.3 Å². The number of sulfonamides is 1. The summed E-state index contributed by atoms with van der Waals surface area (Å²) in [5.41, 5.74) is 3.71. The van der Waals surface area contributed by atoms with Gasteiger partial charge < -0.3 is 5.32 Å². The monoisotopic (exact) mass is 418 g/mol. The van der Waals surface area contributed by atoms with Gasteiger partial charge in [0.05, 0.1) is 10.6 Å². The van der Waals surface area contributed by atoms with Crippen LogP contribution in [0.3, 0.4) is 0 Å². The number of anilines is 1. The van der Waals surface area contributed by atoms with Crippen molar-refractivity contribution in [3.63, 3.8) is 0 Å². The number of piperidine rings is 1. The molecule has 0 saturated carbocycles. The zero-order chi connectivity index (χ0) is 21.2. The molecule has 1 amide bonds. The molecule has 1 fully saturated rings. The highest BCUT2D eigenvalue weighted by atomic mass is 32.2. The van der Waals surface area contributed by atoms with Gasteiger partial charge in [0, 0.05) is 37.9 Å². The molecule has 1 N–H and O–H groups in total. The second kappa shape index (κ2) is 8.67. The third-order valence-corrected chi connectivity index (χ3v) is 7.69. The molecule has 0 bridgehead atoms. The van der Waals surface area contributed by atoms with E-state index in [9.17, 15) is 13.2 Å². The molecule has 158 valence electrons. The number of aromatic nitrogens is 2. The molecule has 0 spiro atoms. The summed E-state index contributed by atoms with van der Waals surface area (Å²) in [6, 6.07) is 6.44. The van der Waals surface area contributed by atoms with Gasteiger partial charge in [0.25, 0.3) is 0 Å². The highest BCUT2D eigenvalue weighted by Crippen LogP contribution is 2.24. The first-order chi connectivity index (χ1) is 13.7. The van der Waals surface area contributed by atoms with Gasteiger partial charge in [-0.1, -0.05) is 6.92 Å². The van der Waals surface area contributed by atoms with Crippen LogP contribution >= 0.6 is 0 Å². The van der Waals surface area contributed by atoms with Crippen LogP contribution in [0, 0.1) is 19.8 Å². The first-order valence-corrected chi connectivity index (χ1v) is 11.5. The molecule has 1 aromatic carbocycles. The third-order valence-electron chi connectivity index (χ3n) is 5.78. The van der Waals surface area contributed by atoms with E-state index in [1.54, 1.807) is 28.6 Å². The zero-order valence-corrected chi connectivity index (χ0v) is 18.4. The highest BCUT2D eigenvalue weighted by molar-refractivity contribution is 7.89. The number of aryl methyl sites for hydroxylation is 2. The average molecular weight is 419 g/mol. The minimum absolute atomic E-state index is 0.103. The van der Waals surface area contributed by atoms with Crippen molar-refractivity contribution in [1.82, 2.24) is 14.1 Å². The highest BCUT2D eigenvalue weighted by Gasteiger charge is 2.27. The average Bonchev–Trinajstić information content (AvgIpc) is 2.92. The molecule has 0 aliphatic carbocycles. The number of nitrogens with zero attached hydrogens (tertiary/aromatic N) is 3. The Morgan fingerprint density at radius 3 is 2.34 bits per heavy atom. The van der Waals surface area contributed by atoms with Crippen LogP contribution < -0.4 is 5.32 Å². The van der Waals surface area contributed by atoms with Crippen LogP contribution in [0.15, 0.2) is 29.2 Å². The van der Waals surface area contributed by atoms with E-state index in [4.69, 9.17) is 0 Å². The number of carbonyl (C=O) groups excluding carboxylic acids is 1. The van der Waals surface area contributed by atoms with E-state index in [1.807, 2.05) is 25.6 Å². The molecule has 0 radical (unpaired) electrons. The first-order valence-electron chi connectivity index (χ1n) is 10.1. The molecule has 29 heavy (non-hydrogen) atoms. The molecule has 0 atom stereocenters. The Balaban J connectivity index is 1.59. The van der Waals surface area contributed by atoms with Gasteiger partial charge in [0.1, 0.15) is 0 Å². The van der Waals surface area contributed by atoms with Crippen molar-refractivity contribution in [2.45, 2.75) is 51.3 Å². The maximum Gasteiger partial charge on any atom is 0.243 e. The van der Waals surface area contributed by atoms with E-state index in [0.29, 0.717) is 37.5 Å². The fourth-order valence-corrected chi connectivity index (χ4v) is 5.20. The number of rotatable bonds is 6. The lowest BCUT2D eigenvalue weighted by atomic mass is 10.0. The Morgan fingerprint density at radius 1 is 1.17 bits per heavy atom. The van der Waals surface area contributed by atoms with Crippen LogP contribution in [-0.4, -0.2) is 41.5 Å². The van der Waals surface area contributed by atoms with Gasteiger partial charge in [-0.25, -0.2) is 8.42 Å². The van der Waals surface area contributed by atoms with Crippen LogP contribution in [-0.2, 0) is 28.3 Å². The van der Waals surface area contributed by atoms with Crippen molar-refractivity contribution in [1.29, 1.82) is 0 Å². The number of amides is 1.